The minimum absolute atomic E-state index is 0.0121. The summed E-state index contributed by atoms with van der Waals surface area (Å²) in [6.45, 7) is 2.27. The van der Waals surface area contributed by atoms with E-state index in [-0.39, 0.29) is 89.5 Å². The number of fused-ring (bicyclic) bond motifs is 1. The number of nitrogens with two attached hydrogens (primary N) is 4. The molecule has 116 heavy (non-hydrogen) atoms. The third-order valence-electron chi connectivity index (χ3n) is 18.9. The molecule has 0 saturated carbocycles. The van der Waals surface area contributed by atoms with E-state index in [4.69, 9.17) is 33.8 Å². The number of nitrogens with one attached hydrogen (secondary N) is 17. The fraction of sp³-hybridized carbons (Fsp3) is 0.487. The van der Waals surface area contributed by atoms with Crippen LogP contribution in [0.1, 0.15) is 107 Å². The molecule has 0 unspecified atom stereocenters. The van der Waals surface area contributed by atoms with Crippen molar-refractivity contribution in [3.63, 3.8) is 0 Å². The van der Waals surface area contributed by atoms with Gasteiger partial charge in [-0.2, -0.15) is 11.8 Å². The number of carbonyl (C=O) groups excluding carboxylic acids is 12. The van der Waals surface area contributed by atoms with Crippen LogP contribution in [-0.4, -0.2) is 243 Å². The number of H-pyrrole nitrogens is 2. The lowest BCUT2D eigenvalue weighted by atomic mass is 10.00. The molecule has 3 heterocycles. The summed E-state index contributed by atoms with van der Waals surface area (Å²) in [6, 6.07) is 8.54. The zero-order chi connectivity index (χ0) is 84.8. The number of aromatic nitrogens is 3. The molecule has 1 saturated heterocycles. The minimum Gasteiger partial charge on any atom is -0.481 e. The first-order valence-electron chi connectivity index (χ1n) is 38.2. The van der Waals surface area contributed by atoms with Gasteiger partial charge in [-0.15, -0.1) is 0 Å². The molecule has 27 N–H and O–H groups in total. The molecule has 2 aromatic heterocycles. The second kappa shape index (κ2) is 48.1. The SMILES string of the molecule is CSCC[C@H](NC(=O)[C@@H](NC(=O)[C@H](Cc1ccccc1)NC(=O)[C@@H](N)CCCCN)C(C)C)C(=O)NCC(=O)N[C@@H](Cc1c[nH]cn1)C(=O)N[C@@H](Cc1ccccc1)C(=O)N[C@@H](CCCNC(=N)N)C(=O)N[C@@H](Cc1c[nH]c2ccccc12)C(=O)N[C@@H](CC(=O)O)C(=O)N[C@@H](CCCNC(=N)N)C(=O)N1CCC[C@H]1C(=O)NCC(=O)O. The van der Waals surface area contributed by atoms with E-state index in [2.05, 4.69) is 84.1 Å². The third-order valence-corrected chi connectivity index (χ3v) is 19.5. The molecule has 6 rings (SSSR count). The molecule has 5 aromatic rings. The number of aliphatic carboxylic acids is 2. The Hall–Kier alpha value is -12.2. The second-order valence-electron chi connectivity index (χ2n) is 28.2. The molecule has 0 radical (unpaired) electrons. The minimum atomic E-state index is -1.97. The number of hydrogen-bond acceptors (Lipinski definition) is 20. The van der Waals surface area contributed by atoms with Gasteiger partial charge in [-0.3, -0.25) is 77.9 Å². The highest BCUT2D eigenvalue weighted by Gasteiger charge is 2.41. The van der Waals surface area contributed by atoms with Crippen molar-refractivity contribution in [2.75, 3.05) is 51.3 Å². The summed E-state index contributed by atoms with van der Waals surface area (Å²) in [6.07, 6.45) is 5.92. The Labute approximate surface area is 674 Å². The van der Waals surface area contributed by atoms with Gasteiger partial charge in [0.2, 0.25) is 70.9 Å². The smallest absolute Gasteiger partial charge is 0.322 e. The molecular formula is C76H109N23O16S. The maximum Gasteiger partial charge on any atom is 0.322 e. The summed E-state index contributed by atoms with van der Waals surface area (Å²) in [5, 5.41) is 69.4. The fourth-order valence-electron chi connectivity index (χ4n) is 12.8. The first kappa shape index (κ1) is 92.7. The molecule has 11 atom stereocenters. The summed E-state index contributed by atoms with van der Waals surface area (Å²) in [5.41, 5.74) is 25.5. The Bertz CT molecular complexity index is 4160. The second-order valence-corrected chi connectivity index (χ2v) is 29.2. The number of aromatic amines is 2. The Kier molecular flexibility index (Phi) is 38.4. The lowest BCUT2D eigenvalue weighted by Gasteiger charge is -2.30. The number of para-hydroxylation sites is 1. The summed E-state index contributed by atoms with van der Waals surface area (Å²) >= 11 is 1.36. The largest absolute Gasteiger partial charge is 0.481 e. The summed E-state index contributed by atoms with van der Waals surface area (Å²) in [7, 11) is 0. The maximum atomic E-state index is 15.2. The van der Waals surface area contributed by atoms with Gasteiger partial charge in [0.05, 0.1) is 31.0 Å². The molecule has 0 bridgehead atoms. The molecule has 1 aliphatic heterocycles. The van der Waals surface area contributed by atoms with E-state index in [9.17, 15) is 63.0 Å². The first-order chi connectivity index (χ1) is 55.4. The van der Waals surface area contributed by atoms with Gasteiger partial charge in [0.25, 0.3) is 0 Å². The van der Waals surface area contributed by atoms with E-state index in [1.54, 1.807) is 111 Å². The number of rotatable bonds is 50. The van der Waals surface area contributed by atoms with Crippen LogP contribution < -0.4 is 92.1 Å². The van der Waals surface area contributed by atoms with Gasteiger partial charge in [0.15, 0.2) is 11.9 Å². The van der Waals surface area contributed by atoms with E-state index >= 15 is 14.4 Å². The molecule has 40 heteroatoms. The number of unbranched alkanes of at least 4 members (excludes halogenated alkanes) is 1. The van der Waals surface area contributed by atoms with Gasteiger partial charge in [0.1, 0.15) is 67.0 Å². The number of guanidine groups is 2. The fourth-order valence-corrected chi connectivity index (χ4v) is 13.3. The molecule has 39 nitrogen and oxygen atoms in total. The number of carboxylic acid groups (broad SMARTS) is 2. The zero-order valence-electron chi connectivity index (χ0n) is 65.0. The van der Waals surface area contributed by atoms with E-state index in [1.165, 1.54) is 24.3 Å². The Balaban J connectivity index is 1.24. The zero-order valence-corrected chi connectivity index (χ0v) is 65.8. The van der Waals surface area contributed by atoms with E-state index in [0.29, 0.717) is 65.6 Å². The number of nitrogens with zero attached hydrogens (tertiary/aromatic N) is 2. The summed E-state index contributed by atoms with van der Waals surface area (Å²) < 4.78 is 0. The molecule has 12 amide bonds. The van der Waals surface area contributed by atoms with Gasteiger partial charge in [0, 0.05) is 68.6 Å². The first-order valence-corrected chi connectivity index (χ1v) is 39.6. The Morgan fingerprint density at radius 2 is 1.06 bits per heavy atom. The van der Waals surface area contributed by atoms with Crippen LogP contribution in [0.15, 0.2) is 104 Å². The van der Waals surface area contributed by atoms with Crippen LogP contribution in [-0.2, 0) is 92.8 Å². The molecule has 3 aromatic carbocycles. The van der Waals surface area contributed by atoms with Crippen molar-refractivity contribution in [1.29, 1.82) is 10.8 Å². The number of thioether (sulfide) groups is 1. The molecular weight excluding hydrogens is 1520 g/mol. The highest BCUT2D eigenvalue weighted by Crippen LogP contribution is 2.23. The van der Waals surface area contributed by atoms with Crippen molar-refractivity contribution in [2.24, 2.45) is 28.9 Å². The average Bonchev–Trinajstić information content (AvgIpc) is 1.64. The van der Waals surface area contributed by atoms with Gasteiger partial charge in [-0.05, 0) is 105 Å². The normalized spacial score (nSPS) is 15.0. The Morgan fingerprint density at radius 1 is 0.543 bits per heavy atom. The molecule has 630 valence electrons. The van der Waals surface area contributed by atoms with Crippen molar-refractivity contribution in [1.82, 2.24) is 89.0 Å². The van der Waals surface area contributed by atoms with Crippen molar-refractivity contribution in [3.05, 3.63) is 126 Å². The molecule has 1 fully saturated rings. The number of hydrogen-bond donors (Lipinski definition) is 23. The van der Waals surface area contributed by atoms with E-state index in [1.807, 2.05) is 0 Å². The van der Waals surface area contributed by atoms with Gasteiger partial charge < -0.3 is 117 Å². The van der Waals surface area contributed by atoms with Crippen molar-refractivity contribution in [3.8, 4) is 0 Å². The van der Waals surface area contributed by atoms with Crippen LogP contribution in [0.3, 0.4) is 0 Å². The predicted octanol–water partition coefficient (Wildman–Crippen LogP) is -3.30. The van der Waals surface area contributed by atoms with E-state index < -0.39 is 187 Å². The number of carboxylic acids is 2. The van der Waals surface area contributed by atoms with Crippen molar-refractivity contribution >= 4 is 117 Å². The Morgan fingerprint density at radius 3 is 1.63 bits per heavy atom. The van der Waals surface area contributed by atoms with Crippen LogP contribution >= 0.6 is 11.8 Å². The third kappa shape index (κ3) is 31.3. The van der Waals surface area contributed by atoms with Crippen LogP contribution in [0.5, 0.6) is 0 Å². The number of amides is 12. The lowest BCUT2D eigenvalue weighted by molar-refractivity contribution is -0.144. The van der Waals surface area contributed by atoms with Gasteiger partial charge >= 0.3 is 11.9 Å². The van der Waals surface area contributed by atoms with Gasteiger partial charge in [-0.25, -0.2) is 4.98 Å². The lowest BCUT2D eigenvalue weighted by Crippen LogP contribution is -2.61. The van der Waals surface area contributed by atoms with Crippen LogP contribution in [0.4, 0.5) is 0 Å². The monoisotopic (exact) mass is 1630 g/mol. The highest BCUT2D eigenvalue weighted by molar-refractivity contribution is 7.98. The standard InChI is InChI=1S/C76H109N23O16S/c1-43(2)63(98-71(112)55(34-45-19-8-5-9-20-45)94-64(105)49(78)22-12-13-28-77)73(114)92-52(27-32-116-3)65(106)87-40-60(100)90-57(36-47-39-83-42-89-47)69(110)95-54(33-44-17-6-4-7-18-44)67(108)91-51(24-14-29-84-75(79)80)66(107)96-56(35-46-38-86-50-23-11-10-21-48(46)50)68(109)97-58(37-61(101)102)70(111)93-53(25-15-30-85-76(81)82)74(115)99-31-16-26-59(99)72(113)88-41-62(103)104/h4-11,17-21,23,38-39,42-43,49,51-59,63,86H,12-16,22,24-37,40-41,77-78H2,1-3H3,(H,83,89)(H,87,106)(H,88,113)(H,90,100)(H,91,108)(H,92,114)(H,93,111)(H,94,105)(H,95,110)(H,96,107)(H,97,109)(H,98,112)(H,101,102)(H,103,104)(H4,79,80,84)(H4,81,82,85)/t49-,51-,52-,53-,54-,55-,56-,57-,58-,59-,63-/m0/s1. The average molecular weight is 1630 g/mol. The molecule has 0 spiro atoms. The highest BCUT2D eigenvalue weighted by atomic mass is 32.2. The summed E-state index contributed by atoms with van der Waals surface area (Å²) in [5.74, 6) is -14.5. The topological polar surface area (TPSA) is 635 Å². The van der Waals surface area contributed by atoms with Crippen LogP contribution in [0.2, 0.25) is 0 Å². The van der Waals surface area contributed by atoms with Crippen molar-refractivity contribution in [2.45, 2.75) is 177 Å². The number of likely N-dealkylation sites (tertiary alicyclic amines) is 1. The number of imidazole rings is 1. The van der Waals surface area contributed by atoms with Gasteiger partial charge in [-0.1, -0.05) is 99.1 Å². The van der Waals surface area contributed by atoms with Crippen molar-refractivity contribution < 1.29 is 77.3 Å². The van der Waals surface area contributed by atoms with Crippen LogP contribution in [0, 0.1) is 16.7 Å². The predicted molar refractivity (Wildman–Crippen MR) is 430 cm³/mol. The number of benzene rings is 3. The maximum absolute atomic E-state index is 15.2. The quantitative estimate of drug-likeness (QED) is 0.0103. The van der Waals surface area contributed by atoms with E-state index in [0.717, 1.165) is 4.90 Å². The summed E-state index contributed by atoms with van der Waals surface area (Å²) in [4.78, 5) is 208. The number of carbonyl (C=O) groups is 14. The van der Waals surface area contributed by atoms with Crippen LogP contribution in [0.25, 0.3) is 10.9 Å². The molecule has 1 aliphatic rings. The molecule has 0 aliphatic carbocycles.